The van der Waals surface area contributed by atoms with Gasteiger partial charge in [0.2, 0.25) is 5.91 Å². The molecule has 2 aromatic rings. The smallest absolute Gasteiger partial charge is 0.221 e. The number of pyridine rings is 1. The second-order valence-electron chi connectivity index (χ2n) is 6.49. The number of rotatable bonds is 6. The molecule has 6 heteroatoms. The molecule has 0 radical (unpaired) electrons. The number of hydrogen-bond donors (Lipinski definition) is 2. The number of likely N-dealkylation sites (tertiary alicyclic amines) is 1. The van der Waals surface area contributed by atoms with Crippen LogP contribution < -0.4 is 11.1 Å². The van der Waals surface area contributed by atoms with Crippen LogP contribution in [0.25, 0.3) is 10.9 Å². The van der Waals surface area contributed by atoms with Crippen LogP contribution in [0.4, 0.5) is 0 Å². The van der Waals surface area contributed by atoms with Crippen LogP contribution in [0.2, 0.25) is 0 Å². The number of nitrogens with one attached hydrogen (secondary N) is 1. The standard InChI is InChI=1S/C19H26N4O.ClH/c20-9-8-19(24)22-13-17-5-1-2-11-23(17)14-15-6-7-18-16(12-15)4-3-10-21-18;/h3-4,6-7,10,12,17H,1-2,5,8-9,11,13-14,20H2,(H,22,24);1H. The third kappa shape index (κ3) is 5.39. The van der Waals surface area contributed by atoms with Crippen molar-refractivity contribution in [2.75, 3.05) is 19.6 Å². The molecule has 5 nitrogen and oxygen atoms in total. The molecule has 0 saturated carbocycles. The molecule has 1 fully saturated rings. The van der Waals surface area contributed by atoms with Crippen LogP contribution in [-0.4, -0.2) is 41.5 Å². The summed E-state index contributed by atoms with van der Waals surface area (Å²) >= 11 is 0. The minimum atomic E-state index is 0. The van der Waals surface area contributed by atoms with E-state index in [1.807, 2.05) is 12.3 Å². The number of piperidine rings is 1. The Labute approximate surface area is 155 Å². The first-order valence-corrected chi connectivity index (χ1v) is 8.81. The minimum Gasteiger partial charge on any atom is -0.354 e. The highest BCUT2D eigenvalue weighted by molar-refractivity contribution is 5.85. The fourth-order valence-electron chi connectivity index (χ4n) is 3.41. The lowest BCUT2D eigenvalue weighted by Crippen LogP contribution is -2.46. The first kappa shape index (κ1) is 19.6. The number of nitrogens with two attached hydrogens (primary N) is 1. The second-order valence-corrected chi connectivity index (χ2v) is 6.49. The summed E-state index contributed by atoms with van der Waals surface area (Å²) in [6.07, 6.45) is 5.83. The normalized spacial score (nSPS) is 17.9. The van der Waals surface area contributed by atoms with Crippen molar-refractivity contribution < 1.29 is 4.79 Å². The van der Waals surface area contributed by atoms with Gasteiger partial charge in [0.05, 0.1) is 5.52 Å². The molecule has 2 heterocycles. The lowest BCUT2D eigenvalue weighted by atomic mass is 10.0. The molecular weight excluding hydrogens is 336 g/mol. The van der Waals surface area contributed by atoms with E-state index < -0.39 is 0 Å². The molecule has 25 heavy (non-hydrogen) atoms. The molecule has 1 amide bonds. The summed E-state index contributed by atoms with van der Waals surface area (Å²) in [5, 5.41) is 4.21. The fraction of sp³-hybridized carbons (Fsp3) is 0.474. The van der Waals surface area contributed by atoms with E-state index in [0.717, 1.165) is 25.0 Å². The highest BCUT2D eigenvalue weighted by atomic mass is 35.5. The molecule has 1 aliphatic rings. The number of carbonyl (C=O) groups excluding carboxylic acids is 1. The average molecular weight is 363 g/mol. The van der Waals surface area contributed by atoms with Crippen molar-refractivity contribution >= 4 is 29.2 Å². The SMILES string of the molecule is Cl.NCCC(=O)NCC1CCCCN1Cc1ccc2ncccc2c1. The number of amides is 1. The highest BCUT2D eigenvalue weighted by Crippen LogP contribution is 2.21. The van der Waals surface area contributed by atoms with Crippen LogP contribution >= 0.6 is 12.4 Å². The van der Waals surface area contributed by atoms with Gasteiger partial charge in [-0.25, -0.2) is 0 Å². The summed E-state index contributed by atoms with van der Waals surface area (Å²) in [4.78, 5) is 18.5. The van der Waals surface area contributed by atoms with Gasteiger partial charge in [-0.1, -0.05) is 18.6 Å². The molecule has 0 aliphatic carbocycles. The molecule has 3 rings (SSSR count). The van der Waals surface area contributed by atoms with Crippen LogP contribution in [0.5, 0.6) is 0 Å². The summed E-state index contributed by atoms with van der Waals surface area (Å²) in [7, 11) is 0. The van der Waals surface area contributed by atoms with Gasteiger partial charge in [0.15, 0.2) is 0 Å². The monoisotopic (exact) mass is 362 g/mol. The maximum absolute atomic E-state index is 11.7. The molecule has 1 atom stereocenters. The first-order valence-electron chi connectivity index (χ1n) is 8.81. The zero-order valence-electron chi connectivity index (χ0n) is 14.5. The molecule has 1 aromatic carbocycles. The van der Waals surface area contributed by atoms with Gasteiger partial charge in [0, 0.05) is 43.7 Å². The lowest BCUT2D eigenvalue weighted by Gasteiger charge is -2.36. The van der Waals surface area contributed by atoms with Crippen molar-refractivity contribution in [3.63, 3.8) is 0 Å². The van der Waals surface area contributed by atoms with E-state index in [9.17, 15) is 4.79 Å². The molecule has 0 bridgehead atoms. The van der Waals surface area contributed by atoms with Crippen molar-refractivity contribution in [2.45, 2.75) is 38.3 Å². The van der Waals surface area contributed by atoms with E-state index in [2.05, 4.69) is 39.5 Å². The fourth-order valence-corrected chi connectivity index (χ4v) is 3.41. The molecule has 1 unspecified atom stereocenters. The van der Waals surface area contributed by atoms with E-state index in [1.165, 1.54) is 23.8 Å². The average Bonchev–Trinajstić information content (AvgIpc) is 2.61. The highest BCUT2D eigenvalue weighted by Gasteiger charge is 2.22. The van der Waals surface area contributed by atoms with Gasteiger partial charge in [-0.3, -0.25) is 14.7 Å². The van der Waals surface area contributed by atoms with Gasteiger partial charge in [-0.05, 0) is 43.1 Å². The van der Waals surface area contributed by atoms with Crippen molar-refractivity contribution in [2.24, 2.45) is 5.73 Å². The summed E-state index contributed by atoms with van der Waals surface area (Å²) in [5.41, 5.74) is 7.77. The molecule has 0 spiro atoms. The number of aromatic nitrogens is 1. The van der Waals surface area contributed by atoms with Crippen LogP contribution in [0, 0.1) is 0 Å². The summed E-state index contributed by atoms with van der Waals surface area (Å²) in [5.74, 6) is 0.0554. The maximum Gasteiger partial charge on any atom is 0.221 e. The van der Waals surface area contributed by atoms with Crippen molar-refractivity contribution in [3.05, 3.63) is 42.1 Å². The second kappa shape index (κ2) is 9.70. The summed E-state index contributed by atoms with van der Waals surface area (Å²) in [6.45, 7) is 3.13. The largest absolute Gasteiger partial charge is 0.354 e. The van der Waals surface area contributed by atoms with E-state index in [4.69, 9.17) is 5.73 Å². The van der Waals surface area contributed by atoms with Crippen LogP contribution in [-0.2, 0) is 11.3 Å². The van der Waals surface area contributed by atoms with Gasteiger partial charge in [0.25, 0.3) is 0 Å². The Morgan fingerprint density at radius 2 is 2.20 bits per heavy atom. The van der Waals surface area contributed by atoms with Crippen LogP contribution in [0.1, 0.15) is 31.2 Å². The van der Waals surface area contributed by atoms with Crippen molar-refractivity contribution in [1.29, 1.82) is 0 Å². The third-order valence-corrected chi connectivity index (χ3v) is 4.71. The van der Waals surface area contributed by atoms with Crippen molar-refractivity contribution in [3.8, 4) is 0 Å². The van der Waals surface area contributed by atoms with Gasteiger partial charge < -0.3 is 11.1 Å². The molecule has 1 aliphatic heterocycles. The van der Waals surface area contributed by atoms with Crippen LogP contribution in [0.15, 0.2) is 36.5 Å². The number of carbonyl (C=O) groups is 1. The molecule has 136 valence electrons. The first-order chi connectivity index (χ1) is 11.8. The molecule has 1 saturated heterocycles. The zero-order chi connectivity index (χ0) is 16.8. The Morgan fingerprint density at radius 3 is 3.04 bits per heavy atom. The Bertz CT molecular complexity index is 694. The quantitative estimate of drug-likeness (QED) is 0.828. The topological polar surface area (TPSA) is 71.2 Å². The van der Waals surface area contributed by atoms with E-state index in [0.29, 0.717) is 25.6 Å². The molecular formula is C19H27ClN4O. The Balaban J connectivity index is 0.00000225. The number of nitrogens with zero attached hydrogens (tertiary/aromatic N) is 2. The van der Waals surface area contributed by atoms with Gasteiger partial charge in [0.1, 0.15) is 0 Å². The van der Waals surface area contributed by atoms with Crippen LogP contribution in [0.3, 0.4) is 0 Å². The number of fused-ring (bicyclic) bond motifs is 1. The van der Waals surface area contributed by atoms with E-state index >= 15 is 0 Å². The van der Waals surface area contributed by atoms with E-state index in [1.54, 1.807) is 0 Å². The van der Waals surface area contributed by atoms with Crippen molar-refractivity contribution in [1.82, 2.24) is 15.2 Å². The number of halogens is 1. The maximum atomic E-state index is 11.7. The summed E-state index contributed by atoms with van der Waals surface area (Å²) < 4.78 is 0. The Hall–Kier alpha value is -1.69. The third-order valence-electron chi connectivity index (χ3n) is 4.71. The van der Waals surface area contributed by atoms with Gasteiger partial charge in [-0.15, -0.1) is 12.4 Å². The predicted octanol–water partition coefficient (Wildman–Crippen LogP) is 2.48. The minimum absolute atomic E-state index is 0. The molecule has 3 N–H and O–H groups in total. The molecule has 1 aromatic heterocycles. The Kier molecular flexibility index (Phi) is 7.62. The predicted molar refractivity (Wildman–Crippen MR) is 104 cm³/mol. The Morgan fingerprint density at radius 1 is 1.32 bits per heavy atom. The zero-order valence-corrected chi connectivity index (χ0v) is 15.3. The number of benzene rings is 1. The lowest BCUT2D eigenvalue weighted by molar-refractivity contribution is -0.121. The van der Waals surface area contributed by atoms with E-state index in [-0.39, 0.29) is 18.3 Å². The summed E-state index contributed by atoms with van der Waals surface area (Å²) in [6, 6.07) is 11.0. The van der Waals surface area contributed by atoms with Gasteiger partial charge in [-0.2, -0.15) is 0 Å². The van der Waals surface area contributed by atoms with Gasteiger partial charge >= 0.3 is 0 Å². The number of hydrogen-bond acceptors (Lipinski definition) is 4.